The van der Waals surface area contributed by atoms with Gasteiger partial charge in [-0.25, -0.2) is 0 Å². The SMILES string of the molecule is CCN(CC1CCCO1)C(C)c1cc(Br)ccc1O. The molecule has 1 fully saturated rings. The van der Waals surface area contributed by atoms with Crippen molar-refractivity contribution in [3.05, 3.63) is 28.2 Å². The van der Waals surface area contributed by atoms with Gasteiger partial charge in [-0.1, -0.05) is 22.9 Å². The van der Waals surface area contributed by atoms with E-state index in [9.17, 15) is 5.11 Å². The molecule has 0 bridgehead atoms. The molecule has 0 saturated carbocycles. The fraction of sp³-hybridized carbons (Fsp3) is 0.600. The minimum atomic E-state index is 0.187. The third kappa shape index (κ3) is 3.71. The Hall–Kier alpha value is -0.580. The topological polar surface area (TPSA) is 32.7 Å². The molecule has 1 aliphatic heterocycles. The minimum Gasteiger partial charge on any atom is -0.508 e. The number of ether oxygens (including phenoxy) is 1. The number of phenols is 1. The molecule has 0 spiro atoms. The predicted molar refractivity (Wildman–Crippen MR) is 80.4 cm³/mol. The average molecular weight is 328 g/mol. The highest BCUT2D eigenvalue weighted by molar-refractivity contribution is 9.10. The van der Waals surface area contributed by atoms with Crippen molar-refractivity contribution in [2.24, 2.45) is 0 Å². The molecule has 1 aliphatic rings. The lowest BCUT2D eigenvalue weighted by Gasteiger charge is -2.30. The smallest absolute Gasteiger partial charge is 0.120 e. The molecule has 106 valence electrons. The molecule has 0 aliphatic carbocycles. The maximum Gasteiger partial charge on any atom is 0.120 e. The standard InChI is InChI=1S/C15H22BrNO2/c1-3-17(10-13-5-4-8-19-13)11(2)14-9-12(16)6-7-15(14)18/h6-7,9,11,13,18H,3-5,8,10H2,1-2H3. The van der Waals surface area contributed by atoms with Crippen LogP contribution in [0.5, 0.6) is 5.75 Å². The van der Waals surface area contributed by atoms with E-state index in [-0.39, 0.29) is 6.04 Å². The summed E-state index contributed by atoms with van der Waals surface area (Å²) in [5.74, 6) is 0.362. The van der Waals surface area contributed by atoms with Crippen LogP contribution >= 0.6 is 15.9 Å². The number of likely N-dealkylation sites (N-methyl/N-ethyl adjacent to an activating group) is 1. The Balaban J connectivity index is 2.10. The predicted octanol–water partition coefficient (Wildman–Crippen LogP) is 3.72. The van der Waals surface area contributed by atoms with E-state index >= 15 is 0 Å². The van der Waals surface area contributed by atoms with Gasteiger partial charge >= 0.3 is 0 Å². The first-order valence-corrected chi connectivity index (χ1v) is 7.75. The average Bonchev–Trinajstić information content (AvgIpc) is 2.91. The van der Waals surface area contributed by atoms with Crippen LogP contribution in [0.25, 0.3) is 0 Å². The molecular weight excluding hydrogens is 306 g/mol. The molecule has 2 atom stereocenters. The van der Waals surface area contributed by atoms with Crippen LogP contribution in [0.2, 0.25) is 0 Å². The monoisotopic (exact) mass is 327 g/mol. The normalized spacial score (nSPS) is 20.9. The number of phenolic OH excluding ortho intramolecular Hbond substituents is 1. The molecular formula is C15H22BrNO2. The van der Waals surface area contributed by atoms with Gasteiger partial charge in [-0.2, -0.15) is 0 Å². The summed E-state index contributed by atoms with van der Waals surface area (Å²) in [6.45, 7) is 7.07. The van der Waals surface area contributed by atoms with E-state index in [0.717, 1.165) is 36.2 Å². The number of benzene rings is 1. The number of aromatic hydroxyl groups is 1. The number of rotatable bonds is 5. The Bertz CT molecular complexity index is 419. The van der Waals surface area contributed by atoms with Gasteiger partial charge in [0.1, 0.15) is 5.75 Å². The summed E-state index contributed by atoms with van der Waals surface area (Å²) in [6, 6.07) is 5.79. The molecule has 1 N–H and O–H groups in total. The summed E-state index contributed by atoms with van der Waals surface area (Å²) in [7, 11) is 0. The Morgan fingerprint density at radius 2 is 2.32 bits per heavy atom. The first-order valence-electron chi connectivity index (χ1n) is 6.96. The van der Waals surface area contributed by atoms with Crippen LogP contribution in [0.1, 0.15) is 38.3 Å². The van der Waals surface area contributed by atoms with Crippen molar-refractivity contribution in [1.82, 2.24) is 4.90 Å². The van der Waals surface area contributed by atoms with Crippen molar-refractivity contribution in [2.45, 2.75) is 38.8 Å². The molecule has 1 aromatic rings. The lowest BCUT2D eigenvalue weighted by atomic mass is 10.0. The Kier molecular flexibility index (Phi) is 5.25. The van der Waals surface area contributed by atoms with Crippen LogP contribution < -0.4 is 0 Å². The number of hydrogen-bond donors (Lipinski definition) is 1. The van der Waals surface area contributed by atoms with Crippen LogP contribution in [0.15, 0.2) is 22.7 Å². The fourth-order valence-electron chi connectivity index (χ4n) is 2.67. The summed E-state index contributed by atoms with van der Waals surface area (Å²) in [5.41, 5.74) is 0.967. The molecule has 0 radical (unpaired) electrons. The maximum atomic E-state index is 10.0. The van der Waals surface area contributed by atoms with Crippen molar-refractivity contribution in [1.29, 1.82) is 0 Å². The van der Waals surface area contributed by atoms with Crippen LogP contribution in [-0.2, 0) is 4.74 Å². The third-order valence-electron chi connectivity index (χ3n) is 3.86. The van der Waals surface area contributed by atoms with Gasteiger partial charge in [0, 0.05) is 29.2 Å². The third-order valence-corrected chi connectivity index (χ3v) is 4.35. The van der Waals surface area contributed by atoms with E-state index in [1.165, 1.54) is 6.42 Å². The van der Waals surface area contributed by atoms with Crippen molar-refractivity contribution in [3.8, 4) is 5.75 Å². The highest BCUT2D eigenvalue weighted by atomic mass is 79.9. The Morgan fingerprint density at radius 3 is 2.95 bits per heavy atom. The maximum absolute atomic E-state index is 10.0. The van der Waals surface area contributed by atoms with Crippen LogP contribution in [-0.4, -0.2) is 35.8 Å². The zero-order valence-corrected chi connectivity index (χ0v) is 13.2. The molecule has 3 nitrogen and oxygen atoms in total. The molecule has 0 amide bonds. The van der Waals surface area contributed by atoms with Crippen molar-refractivity contribution in [2.75, 3.05) is 19.7 Å². The molecule has 2 rings (SSSR count). The van der Waals surface area contributed by atoms with Gasteiger partial charge in [-0.15, -0.1) is 0 Å². The summed E-state index contributed by atoms with van der Waals surface area (Å²) in [4.78, 5) is 2.36. The molecule has 0 aromatic heterocycles. The van der Waals surface area contributed by atoms with E-state index < -0.39 is 0 Å². The fourth-order valence-corrected chi connectivity index (χ4v) is 3.05. The second-order valence-electron chi connectivity index (χ2n) is 5.10. The zero-order chi connectivity index (χ0) is 13.8. The van der Waals surface area contributed by atoms with Gasteiger partial charge in [0.2, 0.25) is 0 Å². The van der Waals surface area contributed by atoms with Crippen molar-refractivity contribution in [3.63, 3.8) is 0 Å². The quantitative estimate of drug-likeness (QED) is 0.894. The molecule has 1 heterocycles. The number of halogens is 1. The molecule has 4 heteroatoms. The zero-order valence-electron chi connectivity index (χ0n) is 11.6. The lowest BCUT2D eigenvalue weighted by molar-refractivity contribution is 0.0614. The molecule has 19 heavy (non-hydrogen) atoms. The minimum absolute atomic E-state index is 0.187. The van der Waals surface area contributed by atoms with Crippen molar-refractivity contribution >= 4 is 15.9 Å². The summed E-state index contributed by atoms with van der Waals surface area (Å²) in [6.07, 6.45) is 2.66. The van der Waals surface area contributed by atoms with E-state index in [2.05, 4.69) is 34.7 Å². The van der Waals surface area contributed by atoms with Gasteiger partial charge in [-0.05, 0) is 44.5 Å². The van der Waals surface area contributed by atoms with Gasteiger partial charge in [-0.3, -0.25) is 4.90 Å². The largest absolute Gasteiger partial charge is 0.508 e. The first kappa shape index (κ1) is 14.8. The second-order valence-corrected chi connectivity index (χ2v) is 6.02. The number of nitrogens with zero attached hydrogens (tertiary/aromatic N) is 1. The van der Waals surface area contributed by atoms with Crippen LogP contribution in [0, 0.1) is 0 Å². The highest BCUT2D eigenvalue weighted by Crippen LogP contribution is 2.31. The summed E-state index contributed by atoms with van der Waals surface area (Å²) in [5, 5.41) is 10.0. The molecule has 1 aromatic carbocycles. The van der Waals surface area contributed by atoms with Gasteiger partial charge in [0.25, 0.3) is 0 Å². The second kappa shape index (κ2) is 6.73. The van der Waals surface area contributed by atoms with Crippen LogP contribution in [0.4, 0.5) is 0 Å². The summed E-state index contributed by atoms with van der Waals surface area (Å²) < 4.78 is 6.71. The first-order chi connectivity index (χ1) is 9.11. The Labute approximate surface area is 123 Å². The van der Waals surface area contributed by atoms with E-state index in [1.54, 1.807) is 6.07 Å². The van der Waals surface area contributed by atoms with Gasteiger partial charge in [0.15, 0.2) is 0 Å². The Morgan fingerprint density at radius 1 is 1.53 bits per heavy atom. The van der Waals surface area contributed by atoms with Gasteiger partial charge < -0.3 is 9.84 Å². The van der Waals surface area contributed by atoms with E-state index in [4.69, 9.17) is 4.74 Å². The number of hydrogen-bond acceptors (Lipinski definition) is 3. The van der Waals surface area contributed by atoms with Gasteiger partial charge in [0.05, 0.1) is 6.10 Å². The van der Waals surface area contributed by atoms with E-state index in [0.29, 0.717) is 11.9 Å². The highest BCUT2D eigenvalue weighted by Gasteiger charge is 2.23. The van der Waals surface area contributed by atoms with Crippen LogP contribution in [0.3, 0.4) is 0 Å². The van der Waals surface area contributed by atoms with Crippen molar-refractivity contribution < 1.29 is 9.84 Å². The summed E-state index contributed by atoms with van der Waals surface area (Å²) >= 11 is 3.47. The lowest BCUT2D eigenvalue weighted by Crippen LogP contribution is -2.34. The molecule has 2 unspecified atom stereocenters. The van der Waals surface area contributed by atoms with E-state index in [1.807, 2.05) is 12.1 Å². The molecule has 1 saturated heterocycles.